The molecule has 0 unspecified atom stereocenters. The SMILES string of the molecule is CCOc1ccc(N(CCC#N)C(=O)CSc2nc(NC)c3ccccc3n2)cc1. The van der Waals surface area contributed by atoms with E-state index < -0.39 is 0 Å². The lowest BCUT2D eigenvalue weighted by Gasteiger charge is -2.22. The fourth-order valence-corrected chi connectivity index (χ4v) is 3.69. The third-order valence-corrected chi connectivity index (χ3v) is 5.18. The van der Waals surface area contributed by atoms with Crippen LogP contribution in [0.1, 0.15) is 13.3 Å². The lowest BCUT2D eigenvalue weighted by atomic mass is 10.2. The molecule has 1 aromatic heterocycles. The van der Waals surface area contributed by atoms with Gasteiger partial charge in [-0.2, -0.15) is 5.26 Å². The molecule has 3 rings (SSSR count). The van der Waals surface area contributed by atoms with Crippen LogP contribution in [0.4, 0.5) is 11.5 Å². The summed E-state index contributed by atoms with van der Waals surface area (Å²) in [4.78, 5) is 23.6. The zero-order chi connectivity index (χ0) is 21.3. The molecule has 0 spiro atoms. The van der Waals surface area contributed by atoms with Crippen LogP contribution < -0.4 is 15.0 Å². The molecule has 0 bridgehead atoms. The van der Waals surface area contributed by atoms with E-state index >= 15 is 0 Å². The monoisotopic (exact) mass is 421 g/mol. The predicted molar refractivity (Wildman–Crippen MR) is 120 cm³/mol. The third kappa shape index (κ3) is 5.19. The zero-order valence-corrected chi connectivity index (χ0v) is 17.8. The molecule has 0 radical (unpaired) electrons. The van der Waals surface area contributed by atoms with Crippen LogP contribution in [-0.4, -0.2) is 41.8 Å². The van der Waals surface area contributed by atoms with Crippen molar-refractivity contribution in [2.45, 2.75) is 18.5 Å². The second-order valence-electron chi connectivity index (χ2n) is 6.29. The normalized spacial score (nSPS) is 10.4. The highest BCUT2D eigenvalue weighted by Crippen LogP contribution is 2.25. The van der Waals surface area contributed by atoms with E-state index in [0.29, 0.717) is 18.3 Å². The summed E-state index contributed by atoms with van der Waals surface area (Å²) in [5, 5.41) is 13.5. The molecule has 1 N–H and O–H groups in total. The number of carbonyl (C=O) groups excluding carboxylic acids is 1. The van der Waals surface area contributed by atoms with E-state index in [1.54, 1.807) is 4.90 Å². The van der Waals surface area contributed by atoms with Crippen molar-refractivity contribution < 1.29 is 9.53 Å². The van der Waals surface area contributed by atoms with Crippen LogP contribution in [0.25, 0.3) is 10.9 Å². The standard InChI is InChI=1S/C22H23N5O2S/c1-3-29-17-11-9-16(10-12-17)27(14-6-13-23)20(28)15-30-22-25-19-8-5-4-7-18(19)21(24-2)26-22/h4-5,7-12H,3,6,14-15H2,1-2H3,(H,24,25,26). The molecule has 0 aliphatic carbocycles. The number of anilines is 2. The number of nitrogens with zero attached hydrogens (tertiary/aromatic N) is 4. The minimum atomic E-state index is -0.109. The number of ether oxygens (including phenoxy) is 1. The Morgan fingerprint density at radius 1 is 1.20 bits per heavy atom. The summed E-state index contributed by atoms with van der Waals surface area (Å²) >= 11 is 1.28. The summed E-state index contributed by atoms with van der Waals surface area (Å²) in [7, 11) is 1.81. The highest BCUT2D eigenvalue weighted by molar-refractivity contribution is 7.99. The Hall–Kier alpha value is -3.31. The van der Waals surface area contributed by atoms with Gasteiger partial charge in [-0.1, -0.05) is 23.9 Å². The van der Waals surface area contributed by atoms with Crippen molar-refractivity contribution in [3.8, 4) is 11.8 Å². The Labute approximate surface area is 180 Å². The van der Waals surface area contributed by atoms with Gasteiger partial charge in [0.05, 0.1) is 30.4 Å². The van der Waals surface area contributed by atoms with Gasteiger partial charge in [-0.3, -0.25) is 4.79 Å². The predicted octanol–water partition coefficient (Wildman–Crippen LogP) is 4.11. The number of rotatable bonds is 9. The molecule has 30 heavy (non-hydrogen) atoms. The van der Waals surface area contributed by atoms with Gasteiger partial charge in [0, 0.05) is 24.7 Å². The van der Waals surface area contributed by atoms with Gasteiger partial charge in [0.25, 0.3) is 0 Å². The van der Waals surface area contributed by atoms with Crippen molar-refractivity contribution >= 4 is 40.1 Å². The van der Waals surface area contributed by atoms with Gasteiger partial charge < -0.3 is 15.0 Å². The number of thioether (sulfide) groups is 1. The molecule has 2 aromatic carbocycles. The second kappa shape index (κ2) is 10.5. The molecular weight excluding hydrogens is 398 g/mol. The first-order valence-corrected chi connectivity index (χ1v) is 10.6. The summed E-state index contributed by atoms with van der Waals surface area (Å²) in [6.45, 7) is 2.82. The molecular formula is C22H23N5O2S. The molecule has 0 fully saturated rings. The van der Waals surface area contributed by atoms with Crippen LogP contribution in [0.15, 0.2) is 53.7 Å². The molecule has 7 nitrogen and oxygen atoms in total. The smallest absolute Gasteiger partial charge is 0.237 e. The Balaban J connectivity index is 1.76. The molecule has 0 saturated heterocycles. The second-order valence-corrected chi connectivity index (χ2v) is 7.23. The van der Waals surface area contributed by atoms with Crippen molar-refractivity contribution in [1.29, 1.82) is 5.26 Å². The average molecular weight is 422 g/mol. The Kier molecular flexibility index (Phi) is 7.46. The summed E-state index contributed by atoms with van der Waals surface area (Å²) < 4.78 is 5.46. The van der Waals surface area contributed by atoms with E-state index in [4.69, 9.17) is 10.00 Å². The van der Waals surface area contributed by atoms with Gasteiger partial charge in [-0.05, 0) is 43.3 Å². The van der Waals surface area contributed by atoms with Crippen LogP contribution in [0, 0.1) is 11.3 Å². The van der Waals surface area contributed by atoms with E-state index in [2.05, 4.69) is 21.4 Å². The van der Waals surface area contributed by atoms with Crippen LogP contribution >= 0.6 is 11.8 Å². The number of amides is 1. The lowest BCUT2D eigenvalue weighted by molar-refractivity contribution is -0.116. The molecule has 3 aromatic rings. The van der Waals surface area contributed by atoms with E-state index in [9.17, 15) is 4.79 Å². The number of benzene rings is 2. The molecule has 154 valence electrons. The van der Waals surface area contributed by atoms with Crippen LogP contribution in [0.5, 0.6) is 5.75 Å². The highest BCUT2D eigenvalue weighted by Gasteiger charge is 2.17. The number of hydrogen-bond donors (Lipinski definition) is 1. The Morgan fingerprint density at radius 2 is 1.97 bits per heavy atom. The number of hydrogen-bond acceptors (Lipinski definition) is 7. The molecule has 0 aliphatic rings. The molecule has 8 heteroatoms. The summed E-state index contributed by atoms with van der Waals surface area (Å²) in [6.07, 6.45) is 0.250. The van der Waals surface area contributed by atoms with Gasteiger partial charge >= 0.3 is 0 Å². The molecule has 1 amide bonds. The Morgan fingerprint density at radius 3 is 2.67 bits per heavy atom. The Bertz CT molecular complexity index is 1050. The van der Waals surface area contributed by atoms with E-state index in [-0.39, 0.29) is 18.1 Å². The van der Waals surface area contributed by atoms with Crippen molar-refractivity contribution in [3.63, 3.8) is 0 Å². The molecule has 1 heterocycles. The quantitative estimate of drug-likeness (QED) is 0.411. The van der Waals surface area contributed by atoms with Crippen LogP contribution in [0.2, 0.25) is 0 Å². The highest BCUT2D eigenvalue weighted by atomic mass is 32.2. The largest absolute Gasteiger partial charge is 0.494 e. The molecule has 0 saturated carbocycles. The first-order valence-electron chi connectivity index (χ1n) is 9.63. The number of fused-ring (bicyclic) bond motifs is 1. The van der Waals surface area contributed by atoms with Gasteiger partial charge in [0.15, 0.2) is 5.16 Å². The van der Waals surface area contributed by atoms with Crippen molar-refractivity contribution in [1.82, 2.24) is 9.97 Å². The van der Waals surface area contributed by atoms with Crippen molar-refractivity contribution in [3.05, 3.63) is 48.5 Å². The maximum Gasteiger partial charge on any atom is 0.237 e. The summed E-state index contributed by atoms with van der Waals surface area (Å²) in [6, 6.07) is 17.1. The van der Waals surface area contributed by atoms with Gasteiger partial charge in [-0.25, -0.2) is 9.97 Å². The van der Waals surface area contributed by atoms with Gasteiger partial charge in [0.2, 0.25) is 5.91 Å². The topological polar surface area (TPSA) is 91.1 Å². The number of aromatic nitrogens is 2. The number of nitrogens with one attached hydrogen (secondary N) is 1. The van der Waals surface area contributed by atoms with Crippen LogP contribution in [0.3, 0.4) is 0 Å². The number of para-hydroxylation sites is 1. The lowest BCUT2D eigenvalue weighted by Crippen LogP contribution is -2.33. The maximum atomic E-state index is 12.9. The third-order valence-electron chi connectivity index (χ3n) is 4.35. The summed E-state index contributed by atoms with van der Waals surface area (Å²) in [5.41, 5.74) is 1.55. The summed E-state index contributed by atoms with van der Waals surface area (Å²) in [5.74, 6) is 1.53. The first-order chi connectivity index (χ1) is 14.7. The molecule has 0 aliphatic heterocycles. The van der Waals surface area contributed by atoms with E-state index in [1.165, 1.54) is 11.8 Å². The van der Waals surface area contributed by atoms with Crippen LogP contribution in [-0.2, 0) is 4.79 Å². The number of carbonyl (C=O) groups is 1. The average Bonchev–Trinajstić information content (AvgIpc) is 2.78. The fourth-order valence-electron chi connectivity index (χ4n) is 2.96. The minimum Gasteiger partial charge on any atom is -0.494 e. The van der Waals surface area contributed by atoms with Crippen molar-refractivity contribution in [2.24, 2.45) is 0 Å². The minimum absolute atomic E-state index is 0.109. The van der Waals surface area contributed by atoms with Crippen molar-refractivity contribution in [2.75, 3.05) is 36.2 Å². The number of nitriles is 1. The maximum absolute atomic E-state index is 12.9. The van der Waals surface area contributed by atoms with Gasteiger partial charge in [0.1, 0.15) is 11.6 Å². The fraction of sp³-hybridized carbons (Fsp3) is 0.273. The van der Waals surface area contributed by atoms with Gasteiger partial charge in [-0.15, -0.1) is 0 Å². The van der Waals surface area contributed by atoms with E-state index in [0.717, 1.165) is 28.2 Å². The zero-order valence-electron chi connectivity index (χ0n) is 17.0. The first kappa shape index (κ1) is 21.4. The molecule has 0 atom stereocenters. The van der Waals surface area contributed by atoms with E-state index in [1.807, 2.05) is 62.5 Å².